The first-order chi connectivity index (χ1) is 15.2. The highest BCUT2D eigenvalue weighted by Gasteiger charge is 2.16. The number of carbonyl (C=O) groups is 3. The third-order valence-electron chi connectivity index (χ3n) is 4.01. The summed E-state index contributed by atoms with van der Waals surface area (Å²) in [5, 5.41) is 5.40. The van der Waals surface area contributed by atoms with Gasteiger partial charge in [-0.1, -0.05) is 30.3 Å². The van der Waals surface area contributed by atoms with E-state index in [4.69, 9.17) is 9.47 Å². The number of nitrogens with one attached hydrogen (secondary N) is 2. The lowest BCUT2D eigenvalue weighted by Crippen LogP contribution is -2.32. The van der Waals surface area contributed by atoms with Crippen LogP contribution in [0.15, 0.2) is 59.5 Å². The number of benzene rings is 2. The maximum atomic E-state index is 12.1. The molecule has 0 aliphatic rings. The van der Waals surface area contributed by atoms with Crippen molar-refractivity contribution in [1.29, 1.82) is 0 Å². The van der Waals surface area contributed by atoms with Crippen LogP contribution in [0.1, 0.15) is 43.1 Å². The monoisotopic (exact) mass is 458 g/mol. The molecule has 172 valence electrons. The standard InChI is InChI=1S/C24H30N2O5S/c1-24(2,3)31-23(29)26-16-18-10-12-19(13-11-18)22(28)30-17-21(27)25-14-7-15-32-20-8-5-4-6-9-20/h4-6,8-13H,7,14-17H2,1-3H3,(H,25,27)(H,26,29). The lowest BCUT2D eigenvalue weighted by molar-refractivity contribution is -0.124. The van der Waals surface area contributed by atoms with E-state index >= 15 is 0 Å². The van der Waals surface area contributed by atoms with E-state index in [0.29, 0.717) is 12.1 Å². The van der Waals surface area contributed by atoms with Gasteiger partial charge in [0.05, 0.1) is 5.56 Å². The van der Waals surface area contributed by atoms with E-state index in [0.717, 1.165) is 17.7 Å². The molecule has 0 radical (unpaired) electrons. The Labute approximate surface area is 193 Å². The van der Waals surface area contributed by atoms with E-state index < -0.39 is 17.7 Å². The molecular weight excluding hydrogens is 428 g/mol. The Hall–Kier alpha value is -3.00. The van der Waals surface area contributed by atoms with Gasteiger partial charge in [0.15, 0.2) is 6.61 Å². The predicted molar refractivity (Wildman–Crippen MR) is 125 cm³/mol. The number of hydrogen-bond acceptors (Lipinski definition) is 6. The molecule has 32 heavy (non-hydrogen) atoms. The minimum Gasteiger partial charge on any atom is -0.452 e. The van der Waals surface area contributed by atoms with Crippen LogP contribution in [0, 0.1) is 0 Å². The summed E-state index contributed by atoms with van der Waals surface area (Å²) in [6, 6.07) is 16.7. The average molecular weight is 459 g/mol. The minimum atomic E-state index is -0.577. The zero-order chi connectivity index (χ0) is 23.4. The molecule has 0 bridgehead atoms. The summed E-state index contributed by atoms with van der Waals surface area (Å²) in [6.45, 7) is 5.84. The molecule has 0 saturated carbocycles. The first kappa shape index (κ1) is 25.3. The van der Waals surface area contributed by atoms with Crippen LogP contribution >= 0.6 is 11.8 Å². The quantitative estimate of drug-likeness (QED) is 0.315. The zero-order valence-corrected chi connectivity index (χ0v) is 19.5. The summed E-state index contributed by atoms with van der Waals surface area (Å²) < 4.78 is 10.2. The van der Waals surface area contributed by atoms with E-state index in [9.17, 15) is 14.4 Å². The molecule has 0 fully saturated rings. The van der Waals surface area contributed by atoms with Crippen LogP contribution in [0.4, 0.5) is 4.79 Å². The highest BCUT2D eigenvalue weighted by Crippen LogP contribution is 2.17. The Morgan fingerprint density at radius 2 is 1.62 bits per heavy atom. The maximum Gasteiger partial charge on any atom is 0.407 e. The summed E-state index contributed by atoms with van der Waals surface area (Å²) in [5.41, 5.74) is 0.571. The summed E-state index contributed by atoms with van der Waals surface area (Å²) in [6.07, 6.45) is 0.309. The lowest BCUT2D eigenvalue weighted by atomic mass is 10.1. The molecule has 2 N–H and O–H groups in total. The van der Waals surface area contributed by atoms with Crippen LogP contribution < -0.4 is 10.6 Å². The fraction of sp³-hybridized carbons (Fsp3) is 0.375. The molecule has 0 heterocycles. The van der Waals surface area contributed by atoms with Crippen LogP contribution in [0.2, 0.25) is 0 Å². The first-order valence-corrected chi connectivity index (χ1v) is 11.4. The van der Waals surface area contributed by atoms with Gasteiger partial charge in [0.25, 0.3) is 5.91 Å². The van der Waals surface area contributed by atoms with Crippen molar-refractivity contribution in [3.63, 3.8) is 0 Å². The topological polar surface area (TPSA) is 93.7 Å². The summed E-state index contributed by atoms with van der Waals surface area (Å²) in [4.78, 5) is 36.9. The number of ether oxygens (including phenoxy) is 2. The summed E-state index contributed by atoms with van der Waals surface area (Å²) in [7, 11) is 0. The van der Waals surface area contributed by atoms with Crippen LogP contribution in [0.25, 0.3) is 0 Å². The molecule has 8 heteroatoms. The SMILES string of the molecule is CC(C)(C)OC(=O)NCc1ccc(C(=O)OCC(=O)NCCCSc2ccccc2)cc1. The number of rotatable bonds is 10. The van der Waals surface area contributed by atoms with Gasteiger partial charge in [-0.25, -0.2) is 9.59 Å². The van der Waals surface area contributed by atoms with E-state index in [2.05, 4.69) is 10.6 Å². The van der Waals surface area contributed by atoms with Crippen molar-refractivity contribution in [2.45, 2.75) is 44.2 Å². The molecule has 2 amide bonds. The Morgan fingerprint density at radius 1 is 0.938 bits per heavy atom. The number of carbonyl (C=O) groups excluding carboxylic acids is 3. The Bertz CT molecular complexity index is 880. The molecule has 0 unspecified atom stereocenters. The third-order valence-corrected chi connectivity index (χ3v) is 5.11. The van der Waals surface area contributed by atoms with Crippen molar-refractivity contribution in [3.05, 3.63) is 65.7 Å². The second kappa shape index (κ2) is 12.8. The maximum absolute atomic E-state index is 12.1. The second-order valence-corrected chi connectivity index (χ2v) is 9.16. The normalized spacial score (nSPS) is 10.8. The van der Waals surface area contributed by atoms with Crippen LogP contribution in [0.5, 0.6) is 0 Å². The summed E-state index contributed by atoms with van der Waals surface area (Å²) >= 11 is 1.73. The van der Waals surface area contributed by atoms with Crippen molar-refractivity contribution in [2.75, 3.05) is 18.9 Å². The molecular formula is C24H30N2O5S. The Balaban J connectivity index is 1.62. The molecule has 7 nitrogen and oxygen atoms in total. The molecule has 2 rings (SSSR count). The van der Waals surface area contributed by atoms with Crippen LogP contribution in [-0.4, -0.2) is 42.5 Å². The molecule has 0 aliphatic carbocycles. The average Bonchev–Trinajstić information content (AvgIpc) is 2.75. The molecule has 0 aliphatic heterocycles. The number of alkyl carbamates (subject to hydrolysis) is 1. The van der Waals surface area contributed by atoms with E-state index in [1.807, 2.05) is 30.3 Å². The van der Waals surface area contributed by atoms with Crippen molar-refractivity contribution in [3.8, 4) is 0 Å². The van der Waals surface area contributed by atoms with E-state index in [-0.39, 0.29) is 19.1 Å². The van der Waals surface area contributed by atoms with Gasteiger partial charge in [-0.05, 0) is 62.8 Å². The van der Waals surface area contributed by atoms with Crippen molar-refractivity contribution in [2.24, 2.45) is 0 Å². The second-order valence-electron chi connectivity index (χ2n) is 7.99. The zero-order valence-electron chi connectivity index (χ0n) is 18.7. The van der Waals surface area contributed by atoms with Gasteiger partial charge < -0.3 is 20.1 Å². The van der Waals surface area contributed by atoms with E-state index in [1.54, 1.807) is 56.8 Å². The van der Waals surface area contributed by atoms with Gasteiger partial charge in [-0.3, -0.25) is 4.79 Å². The minimum absolute atomic E-state index is 0.273. The highest BCUT2D eigenvalue weighted by atomic mass is 32.2. The van der Waals surface area contributed by atoms with Gasteiger partial charge in [0.1, 0.15) is 5.60 Å². The van der Waals surface area contributed by atoms with Crippen LogP contribution in [-0.2, 0) is 20.8 Å². The van der Waals surface area contributed by atoms with Crippen molar-refractivity contribution in [1.82, 2.24) is 10.6 Å². The molecule has 0 atom stereocenters. The third kappa shape index (κ3) is 10.3. The molecule has 2 aromatic carbocycles. The molecule has 0 saturated heterocycles. The fourth-order valence-corrected chi connectivity index (χ4v) is 3.39. The number of amides is 2. The van der Waals surface area contributed by atoms with Gasteiger partial charge in [0, 0.05) is 18.0 Å². The van der Waals surface area contributed by atoms with E-state index in [1.165, 1.54) is 4.90 Å². The fourth-order valence-electron chi connectivity index (χ4n) is 2.52. The van der Waals surface area contributed by atoms with Crippen molar-refractivity contribution < 1.29 is 23.9 Å². The van der Waals surface area contributed by atoms with Gasteiger partial charge in [0.2, 0.25) is 0 Å². The molecule has 0 aromatic heterocycles. The van der Waals surface area contributed by atoms with Gasteiger partial charge in [-0.2, -0.15) is 0 Å². The Kier molecular flexibility index (Phi) is 10.1. The summed E-state index contributed by atoms with van der Waals surface area (Å²) in [5.74, 6) is -0.0214. The molecule has 0 spiro atoms. The smallest absolute Gasteiger partial charge is 0.407 e. The predicted octanol–water partition coefficient (Wildman–Crippen LogP) is 4.17. The molecule has 2 aromatic rings. The van der Waals surface area contributed by atoms with Gasteiger partial charge >= 0.3 is 12.1 Å². The number of esters is 1. The highest BCUT2D eigenvalue weighted by molar-refractivity contribution is 7.99. The van der Waals surface area contributed by atoms with Gasteiger partial charge in [-0.15, -0.1) is 11.8 Å². The number of hydrogen-bond donors (Lipinski definition) is 2. The number of thioether (sulfide) groups is 1. The van der Waals surface area contributed by atoms with Crippen molar-refractivity contribution >= 4 is 29.7 Å². The Morgan fingerprint density at radius 3 is 2.28 bits per heavy atom. The largest absolute Gasteiger partial charge is 0.452 e. The first-order valence-electron chi connectivity index (χ1n) is 10.4. The van der Waals surface area contributed by atoms with Crippen LogP contribution in [0.3, 0.4) is 0 Å². The lowest BCUT2D eigenvalue weighted by Gasteiger charge is -2.19.